The summed E-state index contributed by atoms with van der Waals surface area (Å²) >= 11 is 1.80. The number of furan rings is 2. The minimum Gasteiger partial charge on any atom is -0.449 e. The number of benzene rings is 6. The first kappa shape index (κ1) is 32.0. The number of nitrogens with zero attached hydrogens (tertiary/aromatic N) is 2. The van der Waals surface area contributed by atoms with Crippen LogP contribution in [0.2, 0.25) is 0 Å². The first-order valence-corrected chi connectivity index (χ1v) is 22.1. The van der Waals surface area contributed by atoms with Crippen LogP contribution in [-0.2, 0) is 0 Å². The van der Waals surface area contributed by atoms with E-state index in [9.17, 15) is 0 Å². The number of rotatable bonds is 4. The van der Waals surface area contributed by atoms with Gasteiger partial charge in [0.1, 0.15) is 11.0 Å². The minimum absolute atomic E-state index is 0.786. The first-order chi connectivity index (χ1) is 27.4. The third-order valence-electron chi connectivity index (χ3n) is 12.1. The maximum atomic E-state index is 7.55. The molecular formula is C50H36N2O2SSi. The van der Waals surface area contributed by atoms with Gasteiger partial charge in [-0.2, -0.15) is 0 Å². The van der Waals surface area contributed by atoms with Crippen LogP contribution in [-0.4, -0.2) is 17.2 Å². The van der Waals surface area contributed by atoms with E-state index in [1.165, 1.54) is 64.3 Å². The molecule has 1 aliphatic heterocycles. The number of fused-ring (bicyclic) bond motifs is 13. The van der Waals surface area contributed by atoms with Crippen LogP contribution in [0.1, 0.15) is 22.3 Å². The standard InChI is InChI=1S/C50H36N2O2SSi/c1-29-15-21-33(22-16-29)51-41-37-25-19-31(3)27-39(37)55-49(41)47-43(51)45-46(53-47)44-48(54-45)50-42(52(44)34-23-17-30(2)18-24-34)38-26-20-32(4)28-40(38)56(50,35-11-7-5-8-12-35)36-13-9-6-10-14-36/h5-28H,1-4H3. The van der Waals surface area contributed by atoms with E-state index in [0.29, 0.717) is 0 Å². The van der Waals surface area contributed by atoms with Gasteiger partial charge in [-0.1, -0.05) is 132 Å². The Hall–Kier alpha value is -6.34. The Morgan fingerprint density at radius 1 is 0.482 bits per heavy atom. The molecule has 6 heterocycles. The second kappa shape index (κ2) is 11.4. The first-order valence-electron chi connectivity index (χ1n) is 19.3. The molecule has 5 aromatic heterocycles. The summed E-state index contributed by atoms with van der Waals surface area (Å²) in [4.78, 5) is 0. The van der Waals surface area contributed by atoms with Gasteiger partial charge in [-0.25, -0.2) is 0 Å². The van der Waals surface area contributed by atoms with E-state index in [1.54, 1.807) is 11.3 Å². The molecule has 6 aromatic carbocycles. The highest BCUT2D eigenvalue weighted by atomic mass is 32.1. The van der Waals surface area contributed by atoms with Gasteiger partial charge < -0.3 is 18.0 Å². The molecule has 0 N–H and O–H groups in total. The highest BCUT2D eigenvalue weighted by Crippen LogP contribution is 2.50. The summed E-state index contributed by atoms with van der Waals surface area (Å²) in [5.41, 5.74) is 16.1. The lowest BCUT2D eigenvalue weighted by molar-refractivity contribution is 0.655. The average Bonchev–Trinajstić information content (AvgIpc) is 4.03. The van der Waals surface area contributed by atoms with Gasteiger partial charge in [-0.3, -0.25) is 0 Å². The van der Waals surface area contributed by atoms with Gasteiger partial charge >= 0.3 is 0 Å². The predicted molar refractivity (Wildman–Crippen MR) is 237 cm³/mol. The van der Waals surface area contributed by atoms with E-state index >= 15 is 0 Å². The lowest BCUT2D eigenvalue weighted by atomic mass is 10.1. The van der Waals surface area contributed by atoms with Crippen molar-refractivity contribution in [3.8, 4) is 22.6 Å². The SMILES string of the molecule is Cc1ccc(-n2c3c(c4oc5c(oc6c7sc8cc(C)ccc8c7n(-c7ccc(C)cc7)c56)c42)[Si](c2ccccc2)(c2ccccc2)c2cc(C)ccc2-3)cc1. The second-order valence-corrected chi connectivity index (χ2v) is 20.3. The van der Waals surface area contributed by atoms with Crippen molar-refractivity contribution < 1.29 is 8.83 Å². The van der Waals surface area contributed by atoms with Crippen molar-refractivity contribution in [1.29, 1.82) is 0 Å². The lowest BCUT2D eigenvalue weighted by Crippen LogP contribution is -2.72. The van der Waals surface area contributed by atoms with Crippen LogP contribution in [0.25, 0.3) is 76.3 Å². The zero-order valence-electron chi connectivity index (χ0n) is 31.5. The van der Waals surface area contributed by atoms with Gasteiger partial charge in [0.05, 0.1) is 15.9 Å². The summed E-state index contributed by atoms with van der Waals surface area (Å²) in [5.74, 6) is 0. The number of hydrogen-bond donors (Lipinski definition) is 0. The largest absolute Gasteiger partial charge is 0.449 e. The van der Waals surface area contributed by atoms with Gasteiger partial charge in [-0.05, 0) is 84.7 Å². The van der Waals surface area contributed by atoms with E-state index in [0.717, 1.165) is 55.0 Å². The summed E-state index contributed by atoms with van der Waals surface area (Å²) in [6, 6.07) is 53.9. The van der Waals surface area contributed by atoms with E-state index in [1.807, 2.05) is 0 Å². The molecule has 1 aliphatic rings. The van der Waals surface area contributed by atoms with Gasteiger partial charge in [-0.15, -0.1) is 11.3 Å². The zero-order chi connectivity index (χ0) is 37.4. The molecule has 6 heteroatoms. The van der Waals surface area contributed by atoms with Crippen molar-refractivity contribution >= 4 is 93.8 Å². The van der Waals surface area contributed by atoms with E-state index < -0.39 is 8.07 Å². The second-order valence-electron chi connectivity index (χ2n) is 15.6. The normalized spacial score (nSPS) is 13.5. The average molecular weight is 757 g/mol. The van der Waals surface area contributed by atoms with Crippen molar-refractivity contribution in [2.45, 2.75) is 27.7 Å². The molecule has 0 saturated heterocycles. The fourth-order valence-electron chi connectivity index (χ4n) is 9.61. The monoisotopic (exact) mass is 756 g/mol. The molecule has 0 spiro atoms. The lowest BCUT2D eigenvalue weighted by Gasteiger charge is -2.30. The Balaban J connectivity index is 1.31. The van der Waals surface area contributed by atoms with Crippen molar-refractivity contribution in [3.63, 3.8) is 0 Å². The molecular weight excluding hydrogens is 721 g/mol. The van der Waals surface area contributed by atoms with Crippen LogP contribution >= 0.6 is 11.3 Å². The summed E-state index contributed by atoms with van der Waals surface area (Å²) in [7, 11) is -2.95. The Bertz CT molecular complexity index is 3340. The highest BCUT2D eigenvalue weighted by molar-refractivity contribution is 7.26. The zero-order valence-corrected chi connectivity index (χ0v) is 33.3. The third kappa shape index (κ3) is 4.07. The van der Waals surface area contributed by atoms with Crippen molar-refractivity contribution in [2.75, 3.05) is 0 Å². The summed E-state index contributed by atoms with van der Waals surface area (Å²) in [5, 5.41) is 6.57. The van der Waals surface area contributed by atoms with Gasteiger partial charge in [0.2, 0.25) is 0 Å². The van der Waals surface area contributed by atoms with Crippen LogP contribution in [0, 0.1) is 27.7 Å². The van der Waals surface area contributed by atoms with Crippen LogP contribution < -0.4 is 20.7 Å². The molecule has 0 radical (unpaired) electrons. The molecule has 11 aromatic rings. The van der Waals surface area contributed by atoms with Crippen LogP contribution in [0.3, 0.4) is 0 Å². The number of hydrogen-bond acceptors (Lipinski definition) is 3. The Kier molecular flexibility index (Phi) is 6.48. The maximum Gasteiger partial charge on any atom is 0.200 e. The van der Waals surface area contributed by atoms with E-state index in [-0.39, 0.29) is 0 Å². The number of aryl methyl sites for hydroxylation is 4. The molecule has 0 aliphatic carbocycles. The summed E-state index contributed by atoms with van der Waals surface area (Å²) < 4.78 is 22.1. The fourth-order valence-corrected chi connectivity index (χ4v) is 16.2. The minimum atomic E-state index is -2.95. The smallest absolute Gasteiger partial charge is 0.200 e. The van der Waals surface area contributed by atoms with Gasteiger partial charge in [0.25, 0.3) is 0 Å². The Morgan fingerprint density at radius 3 is 1.66 bits per heavy atom. The molecule has 0 bridgehead atoms. The van der Waals surface area contributed by atoms with Gasteiger partial charge in [0.15, 0.2) is 30.4 Å². The molecule has 268 valence electrons. The van der Waals surface area contributed by atoms with E-state index in [2.05, 4.69) is 182 Å². The Morgan fingerprint density at radius 2 is 1.02 bits per heavy atom. The molecule has 0 fully saturated rings. The van der Waals surface area contributed by atoms with E-state index in [4.69, 9.17) is 8.83 Å². The third-order valence-corrected chi connectivity index (χ3v) is 18.0. The molecule has 0 atom stereocenters. The highest BCUT2D eigenvalue weighted by Gasteiger charge is 2.53. The van der Waals surface area contributed by atoms with Crippen molar-refractivity contribution in [2.24, 2.45) is 0 Å². The molecule has 0 saturated carbocycles. The summed E-state index contributed by atoms with van der Waals surface area (Å²) in [6.45, 7) is 8.67. The molecule has 56 heavy (non-hydrogen) atoms. The maximum absolute atomic E-state index is 7.55. The van der Waals surface area contributed by atoms with Crippen molar-refractivity contribution in [1.82, 2.24) is 9.13 Å². The van der Waals surface area contributed by atoms with Crippen LogP contribution in [0.4, 0.5) is 0 Å². The topological polar surface area (TPSA) is 36.1 Å². The fraction of sp³-hybridized carbons (Fsp3) is 0.0800. The quantitative estimate of drug-likeness (QED) is 0.168. The molecule has 12 rings (SSSR count). The predicted octanol–water partition coefficient (Wildman–Crippen LogP) is 10.9. The molecule has 0 amide bonds. The molecule has 0 unspecified atom stereocenters. The number of aromatic nitrogens is 2. The Labute approximate surface area is 328 Å². The van der Waals surface area contributed by atoms with Crippen molar-refractivity contribution in [3.05, 3.63) is 168 Å². The summed E-state index contributed by atoms with van der Waals surface area (Å²) in [6.07, 6.45) is 0. The van der Waals surface area contributed by atoms with Crippen LogP contribution in [0.15, 0.2) is 154 Å². The van der Waals surface area contributed by atoms with Gasteiger partial charge in [0, 0.05) is 26.6 Å². The van der Waals surface area contributed by atoms with Crippen LogP contribution in [0.5, 0.6) is 0 Å². The number of thiophene rings is 1. The molecule has 4 nitrogen and oxygen atoms in total.